The first-order chi connectivity index (χ1) is 8.02. The first kappa shape index (κ1) is 13.4. The third kappa shape index (κ3) is 4.40. The largest absolute Gasteiger partial charge is 0.496 e. The molecule has 94 valence electrons. The number of carbonyl (C=O) groups is 1. The van der Waals surface area contributed by atoms with Gasteiger partial charge in [0.25, 0.3) is 0 Å². The average Bonchev–Trinajstić information content (AvgIpc) is 2.25. The van der Waals surface area contributed by atoms with E-state index in [0.717, 1.165) is 0 Å². The molecule has 0 spiro atoms. The van der Waals surface area contributed by atoms with Crippen LogP contribution in [-0.4, -0.2) is 19.1 Å². The third-order valence-corrected chi connectivity index (χ3v) is 2.23. The molecule has 4 nitrogen and oxygen atoms in total. The molecule has 0 aromatic heterocycles. The van der Waals surface area contributed by atoms with Crippen molar-refractivity contribution in [3.63, 3.8) is 0 Å². The van der Waals surface area contributed by atoms with E-state index < -0.39 is 0 Å². The number of nitrogens with two attached hydrogens (primary N) is 1. The molecule has 0 aliphatic carbocycles. The predicted octanol–water partition coefficient (Wildman–Crippen LogP) is 1.19. The Morgan fingerprint density at radius 1 is 1.59 bits per heavy atom. The minimum atomic E-state index is -0.359. The highest BCUT2D eigenvalue weighted by Crippen LogP contribution is 2.18. The zero-order valence-corrected chi connectivity index (χ0v) is 10.00. The van der Waals surface area contributed by atoms with Crippen LogP contribution in [0.2, 0.25) is 0 Å². The van der Waals surface area contributed by atoms with Crippen molar-refractivity contribution in [3.8, 4) is 5.75 Å². The van der Waals surface area contributed by atoms with Crippen molar-refractivity contribution < 1.29 is 13.9 Å². The topological polar surface area (TPSA) is 64.3 Å². The molecule has 0 saturated carbocycles. The van der Waals surface area contributed by atoms with Gasteiger partial charge in [-0.25, -0.2) is 4.39 Å². The fourth-order valence-corrected chi connectivity index (χ4v) is 1.44. The summed E-state index contributed by atoms with van der Waals surface area (Å²) < 4.78 is 18.1. The van der Waals surface area contributed by atoms with Crippen LogP contribution in [-0.2, 0) is 11.3 Å². The van der Waals surface area contributed by atoms with Gasteiger partial charge < -0.3 is 15.8 Å². The van der Waals surface area contributed by atoms with Crippen molar-refractivity contribution in [1.82, 2.24) is 5.32 Å². The quantitative estimate of drug-likeness (QED) is 0.812. The number of hydrogen-bond acceptors (Lipinski definition) is 3. The molecule has 5 heteroatoms. The van der Waals surface area contributed by atoms with Crippen LogP contribution >= 0.6 is 0 Å². The molecule has 3 N–H and O–H groups in total. The Hall–Kier alpha value is -1.62. The molecular formula is C12H17FN2O2. The molecule has 1 unspecified atom stereocenters. The fourth-order valence-electron chi connectivity index (χ4n) is 1.44. The lowest BCUT2D eigenvalue weighted by Crippen LogP contribution is -2.29. The van der Waals surface area contributed by atoms with E-state index in [9.17, 15) is 9.18 Å². The lowest BCUT2D eigenvalue weighted by Gasteiger charge is -2.10. The number of nitrogens with one attached hydrogen (secondary N) is 1. The Morgan fingerprint density at radius 2 is 2.29 bits per heavy atom. The van der Waals surface area contributed by atoms with Gasteiger partial charge in [0.15, 0.2) is 0 Å². The number of rotatable bonds is 5. The minimum absolute atomic E-state index is 0.161. The normalized spacial score (nSPS) is 12.0. The van der Waals surface area contributed by atoms with E-state index in [0.29, 0.717) is 11.3 Å². The molecule has 1 rings (SSSR count). The summed E-state index contributed by atoms with van der Waals surface area (Å²) in [6.07, 6.45) is 0.248. The number of benzene rings is 1. The zero-order valence-electron chi connectivity index (χ0n) is 10.00. The van der Waals surface area contributed by atoms with Crippen molar-refractivity contribution in [2.24, 2.45) is 5.73 Å². The first-order valence-electron chi connectivity index (χ1n) is 5.37. The molecule has 1 atom stereocenters. The number of methoxy groups -OCH3 is 1. The van der Waals surface area contributed by atoms with Crippen molar-refractivity contribution in [3.05, 3.63) is 29.6 Å². The van der Waals surface area contributed by atoms with Crippen molar-refractivity contribution in [1.29, 1.82) is 0 Å². The third-order valence-electron chi connectivity index (χ3n) is 2.23. The molecule has 0 aliphatic rings. The number of halogens is 1. The predicted molar refractivity (Wildman–Crippen MR) is 63.1 cm³/mol. The smallest absolute Gasteiger partial charge is 0.221 e. The standard InChI is InChI=1S/C12H17FN2O2/c1-8(14)5-12(16)15-7-9-6-10(13)3-4-11(9)17-2/h3-4,6,8H,5,7,14H2,1-2H3,(H,15,16). The second-order valence-electron chi connectivity index (χ2n) is 3.91. The molecule has 0 fully saturated rings. The summed E-state index contributed by atoms with van der Waals surface area (Å²) in [4.78, 5) is 11.4. The van der Waals surface area contributed by atoms with E-state index in [2.05, 4.69) is 5.32 Å². The van der Waals surface area contributed by atoms with Gasteiger partial charge in [0.1, 0.15) is 11.6 Å². The van der Waals surface area contributed by atoms with Crippen LogP contribution in [0.15, 0.2) is 18.2 Å². The highest BCUT2D eigenvalue weighted by molar-refractivity contribution is 5.76. The van der Waals surface area contributed by atoms with Crippen LogP contribution in [0.3, 0.4) is 0 Å². The summed E-state index contributed by atoms with van der Waals surface area (Å²) in [6, 6.07) is 3.99. The molecule has 0 bridgehead atoms. The lowest BCUT2D eigenvalue weighted by molar-refractivity contribution is -0.121. The van der Waals surface area contributed by atoms with Crippen molar-refractivity contribution in [2.45, 2.75) is 25.9 Å². The molecule has 0 aliphatic heterocycles. The maximum Gasteiger partial charge on any atom is 0.221 e. The summed E-state index contributed by atoms with van der Waals surface area (Å²) in [5.41, 5.74) is 6.10. The van der Waals surface area contributed by atoms with Crippen LogP contribution in [0.25, 0.3) is 0 Å². The van der Waals surface area contributed by atoms with Gasteiger partial charge >= 0.3 is 0 Å². The fraction of sp³-hybridized carbons (Fsp3) is 0.417. The number of ether oxygens (including phenoxy) is 1. The Balaban J connectivity index is 2.62. The Kier molecular flexibility index (Phi) is 4.90. The molecular weight excluding hydrogens is 223 g/mol. The number of hydrogen-bond donors (Lipinski definition) is 2. The summed E-state index contributed by atoms with van der Waals surface area (Å²) in [6.45, 7) is 1.98. The van der Waals surface area contributed by atoms with Crippen LogP contribution in [0.4, 0.5) is 4.39 Å². The summed E-state index contributed by atoms with van der Waals surface area (Å²) in [5.74, 6) is 0.0288. The van der Waals surface area contributed by atoms with E-state index in [1.807, 2.05) is 0 Å². The molecule has 17 heavy (non-hydrogen) atoms. The van der Waals surface area contributed by atoms with Gasteiger partial charge in [0.05, 0.1) is 7.11 Å². The summed E-state index contributed by atoms with van der Waals surface area (Å²) in [7, 11) is 1.50. The van der Waals surface area contributed by atoms with Crippen LogP contribution in [0, 0.1) is 5.82 Å². The van der Waals surface area contributed by atoms with Gasteiger partial charge in [-0.3, -0.25) is 4.79 Å². The van der Waals surface area contributed by atoms with E-state index in [4.69, 9.17) is 10.5 Å². The molecule has 0 radical (unpaired) electrons. The molecule has 1 aromatic carbocycles. The van der Waals surface area contributed by atoms with Gasteiger partial charge in [0.2, 0.25) is 5.91 Å². The van der Waals surface area contributed by atoms with Gasteiger partial charge in [0, 0.05) is 24.6 Å². The maximum atomic E-state index is 13.0. The second-order valence-corrected chi connectivity index (χ2v) is 3.91. The molecule has 0 saturated heterocycles. The van der Waals surface area contributed by atoms with E-state index in [1.54, 1.807) is 6.92 Å². The minimum Gasteiger partial charge on any atom is -0.496 e. The highest BCUT2D eigenvalue weighted by atomic mass is 19.1. The van der Waals surface area contributed by atoms with Crippen molar-refractivity contribution in [2.75, 3.05) is 7.11 Å². The Morgan fingerprint density at radius 3 is 2.88 bits per heavy atom. The monoisotopic (exact) mass is 240 g/mol. The van der Waals surface area contributed by atoms with Crippen LogP contribution < -0.4 is 15.8 Å². The highest BCUT2D eigenvalue weighted by Gasteiger charge is 2.08. The lowest BCUT2D eigenvalue weighted by atomic mass is 10.2. The van der Waals surface area contributed by atoms with Gasteiger partial charge in [-0.2, -0.15) is 0 Å². The Labute approximate surface area is 100.0 Å². The van der Waals surface area contributed by atoms with Crippen LogP contribution in [0.5, 0.6) is 5.75 Å². The van der Waals surface area contributed by atoms with Gasteiger partial charge in [-0.1, -0.05) is 0 Å². The number of carbonyl (C=O) groups excluding carboxylic acids is 1. The maximum absolute atomic E-state index is 13.0. The molecule has 0 heterocycles. The SMILES string of the molecule is COc1ccc(F)cc1CNC(=O)CC(C)N. The number of amides is 1. The summed E-state index contributed by atoms with van der Waals surface area (Å²) >= 11 is 0. The van der Waals surface area contributed by atoms with Crippen molar-refractivity contribution >= 4 is 5.91 Å². The zero-order chi connectivity index (χ0) is 12.8. The van der Waals surface area contributed by atoms with E-state index >= 15 is 0 Å². The first-order valence-corrected chi connectivity index (χ1v) is 5.37. The molecule has 1 aromatic rings. The van der Waals surface area contributed by atoms with Gasteiger partial charge in [-0.15, -0.1) is 0 Å². The van der Waals surface area contributed by atoms with Crippen LogP contribution in [0.1, 0.15) is 18.9 Å². The second kappa shape index (κ2) is 6.20. The average molecular weight is 240 g/mol. The Bertz CT molecular complexity index is 394. The summed E-state index contributed by atoms with van der Waals surface area (Å²) in [5, 5.41) is 2.67. The molecule has 1 amide bonds. The van der Waals surface area contributed by atoms with E-state index in [-0.39, 0.29) is 30.7 Å². The van der Waals surface area contributed by atoms with Gasteiger partial charge in [-0.05, 0) is 25.1 Å². The van der Waals surface area contributed by atoms with E-state index in [1.165, 1.54) is 25.3 Å².